The fourth-order valence-corrected chi connectivity index (χ4v) is 4.39. The zero-order valence-corrected chi connectivity index (χ0v) is 19.7. The fraction of sp³-hybridized carbons (Fsp3) is 0.385. The average molecular weight is 480 g/mol. The second kappa shape index (κ2) is 12.5. The smallest absolute Gasteiger partial charge is 0.304 e. The van der Waals surface area contributed by atoms with Crippen LogP contribution in [0.15, 0.2) is 59.6 Å². The molecule has 9 nitrogen and oxygen atoms in total. The van der Waals surface area contributed by atoms with Crippen LogP contribution in [0.4, 0.5) is 0 Å². The van der Waals surface area contributed by atoms with Crippen LogP contribution < -0.4 is 16.8 Å². The molecule has 2 amide bonds. The number of hydrogen-bond donors (Lipinski definition) is 4. The number of nitrogens with zero attached hydrogens (tertiary/aromatic N) is 2. The molecule has 1 aliphatic heterocycles. The van der Waals surface area contributed by atoms with Crippen LogP contribution in [0.1, 0.15) is 40.7 Å². The number of amides is 2. The molecular formula is C26H33N5O4. The van der Waals surface area contributed by atoms with Gasteiger partial charge < -0.3 is 26.8 Å². The van der Waals surface area contributed by atoms with E-state index in [0.29, 0.717) is 31.5 Å². The van der Waals surface area contributed by atoms with Crippen molar-refractivity contribution in [2.45, 2.75) is 38.1 Å². The lowest BCUT2D eigenvalue weighted by Gasteiger charge is -2.25. The van der Waals surface area contributed by atoms with Crippen molar-refractivity contribution in [1.82, 2.24) is 10.2 Å². The lowest BCUT2D eigenvalue weighted by molar-refractivity contribution is -0.142. The summed E-state index contributed by atoms with van der Waals surface area (Å²) in [6, 6.07) is 17.0. The van der Waals surface area contributed by atoms with Gasteiger partial charge in [0.25, 0.3) is 5.91 Å². The van der Waals surface area contributed by atoms with Gasteiger partial charge in [0.1, 0.15) is 0 Å². The number of carboxylic acids is 1. The molecule has 1 aliphatic rings. The Labute approximate surface area is 205 Å². The number of aliphatic imine (C=N–C) groups is 1. The molecule has 0 radical (unpaired) electrons. The van der Waals surface area contributed by atoms with Crippen LogP contribution in [0.2, 0.25) is 0 Å². The maximum Gasteiger partial charge on any atom is 0.304 e. The molecule has 0 aliphatic carbocycles. The number of hydrogen-bond acceptors (Lipinski definition) is 4. The van der Waals surface area contributed by atoms with E-state index in [0.717, 1.165) is 18.4 Å². The van der Waals surface area contributed by atoms with Crippen LogP contribution in [0.25, 0.3) is 0 Å². The molecule has 186 valence electrons. The number of carbonyl (C=O) groups excluding carboxylic acids is 2. The first-order valence-corrected chi connectivity index (χ1v) is 11.8. The molecule has 3 rings (SSSR count). The number of carboxylic acid groups (broad SMARTS) is 1. The van der Waals surface area contributed by atoms with Crippen LogP contribution in [-0.4, -0.2) is 59.4 Å². The number of benzene rings is 2. The van der Waals surface area contributed by atoms with Crippen molar-refractivity contribution in [2.24, 2.45) is 22.4 Å². The summed E-state index contributed by atoms with van der Waals surface area (Å²) in [5, 5.41) is 12.1. The van der Waals surface area contributed by atoms with Crippen molar-refractivity contribution in [3.63, 3.8) is 0 Å². The van der Waals surface area contributed by atoms with Gasteiger partial charge >= 0.3 is 5.97 Å². The summed E-state index contributed by atoms with van der Waals surface area (Å²) in [5.41, 5.74) is 13.4. The van der Waals surface area contributed by atoms with E-state index in [1.54, 1.807) is 17.0 Å². The zero-order chi connectivity index (χ0) is 25.2. The number of carbonyl (C=O) groups is 3. The molecule has 6 N–H and O–H groups in total. The van der Waals surface area contributed by atoms with Gasteiger partial charge in [0.05, 0.1) is 12.3 Å². The minimum atomic E-state index is -0.989. The molecule has 9 heteroatoms. The van der Waals surface area contributed by atoms with E-state index >= 15 is 0 Å². The highest BCUT2D eigenvalue weighted by Crippen LogP contribution is 2.27. The largest absolute Gasteiger partial charge is 0.481 e. The Morgan fingerprint density at radius 2 is 1.71 bits per heavy atom. The van der Waals surface area contributed by atoms with E-state index in [-0.39, 0.29) is 36.8 Å². The van der Waals surface area contributed by atoms with E-state index in [1.165, 1.54) is 5.56 Å². The van der Waals surface area contributed by atoms with Crippen molar-refractivity contribution in [3.05, 3.63) is 71.3 Å². The number of nitrogens with one attached hydrogen (secondary N) is 1. The predicted molar refractivity (Wildman–Crippen MR) is 134 cm³/mol. The van der Waals surface area contributed by atoms with E-state index in [1.807, 2.05) is 42.5 Å². The molecule has 35 heavy (non-hydrogen) atoms. The molecule has 0 bridgehead atoms. The fourth-order valence-electron chi connectivity index (χ4n) is 4.39. The SMILES string of the molecule is NC(N)=NCCc1ccc(C(=O)NC[C@@H]2C[C@@H](CC(=O)O)C(=O)N2CCCc2ccccc2)cc1. The minimum absolute atomic E-state index is 0.0473. The molecule has 2 aromatic rings. The van der Waals surface area contributed by atoms with Crippen LogP contribution in [-0.2, 0) is 22.4 Å². The molecule has 2 aromatic carbocycles. The van der Waals surface area contributed by atoms with Gasteiger partial charge in [-0.05, 0) is 48.9 Å². The number of likely N-dealkylation sites (tertiary alicyclic amines) is 1. The minimum Gasteiger partial charge on any atom is -0.481 e. The van der Waals surface area contributed by atoms with Crippen molar-refractivity contribution in [3.8, 4) is 0 Å². The van der Waals surface area contributed by atoms with Crippen LogP contribution in [0.3, 0.4) is 0 Å². The summed E-state index contributed by atoms with van der Waals surface area (Å²) in [7, 11) is 0. The summed E-state index contributed by atoms with van der Waals surface area (Å²) in [6.07, 6.45) is 2.47. The second-order valence-corrected chi connectivity index (χ2v) is 8.77. The Hall–Kier alpha value is -3.88. The third kappa shape index (κ3) is 7.84. The van der Waals surface area contributed by atoms with E-state index in [2.05, 4.69) is 10.3 Å². The Kier molecular flexibility index (Phi) is 9.23. The monoisotopic (exact) mass is 479 g/mol. The van der Waals surface area contributed by atoms with Crippen LogP contribution in [0.5, 0.6) is 0 Å². The number of aliphatic carboxylic acids is 1. The van der Waals surface area contributed by atoms with Crippen molar-refractivity contribution in [2.75, 3.05) is 19.6 Å². The molecule has 1 fully saturated rings. The van der Waals surface area contributed by atoms with Crippen LogP contribution in [0, 0.1) is 5.92 Å². The maximum absolute atomic E-state index is 12.9. The Morgan fingerprint density at radius 3 is 2.37 bits per heavy atom. The normalized spacial score (nSPS) is 17.3. The van der Waals surface area contributed by atoms with E-state index < -0.39 is 11.9 Å². The standard InChI is InChI=1S/C26H33N5O4/c27-26(28)29-13-12-19-8-10-20(11-9-19)24(34)30-17-22-15-21(16-23(32)33)25(35)31(22)14-4-7-18-5-2-1-3-6-18/h1-3,5-6,8-11,21-22H,4,7,12-17H2,(H,30,34)(H,32,33)(H4,27,28,29)/t21-,22-/m0/s1. The van der Waals surface area contributed by atoms with Gasteiger partial charge in [0, 0.05) is 31.2 Å². The van der Waals surface area contributed by atoms with E-state index in [9.17, 15) is 19.5 Å². The summed E-state index contributed by atoms with van der Waals surface area (Å²) < 4.78 is 0. The highest BCUT2D eigenvalue weighted by Gasteiger charge is 2.40. The molecule has 0 unspecified atom stereocenters. The quantitative estimate of drug-likeness (QED) is 0.268. The van der Waals surface area contributed by atoms with Crippen molar-refractivity contribution >= 4 is 23.7 Å². The highest BCUT2D eigenvalue weighted by atomic mass is 16.4. The molecule has 0 spiro atoms. The Bertz CT molecular complexity index is 1040. The van der Waals surface area contributed by atoms with Crippen LogP contribution >= 0.6 is 0 Å². The van der Waals surface area contributed by atoms with Crippen molar-refractivity contribution in [1.29, 1.82) is 0 Å². The second-order valence-electron chi connectivity index (χ2n) is 8.77. The van der Waals surface area contributed by atoms with E-state index in [4.69, 9.17) is 11.5 Å². The molecule has 2 atom stereocenters. The number of aryl methyl sites for hydroxylation is 1. The van der Waals surface area contributed by atoms with Gasteiger partial charge in [-0.25, -0.2) is 0 Å². The maximum atomic E-state index is 12.9. The first-order valence-electron chi connectivity index (χ1n) is 11.8. The van der Waals surface area contributed by atoms with Gasteiger partial charge in [-0.3, -0.25) is 19.4 Å². The molecule has 0 saturated carbocycles. The predicted octanol–water partition coefficient (Wildman–Crippen LogP) is 1.56. The Balaban J connectivity index is 1.56. The summed E-state index contributed by atoms with van der Waals surface area (Å²) in [5.74, 6) is -1.89. The summed E-state index contributed by atoms with van der Waals surface area (Å²) in [4.78, 5) is 42.5. The zero-order valence-electron chi connectivity index (χ0n) is 19.7. The summed E-state index contributed by atoms with van der Waals surface area (Å²) in [6.45, 7) is 1.27. The molecule has 0 aromatic heterocycles. The molecule has 1 heterocycles. The Morgan fingerprint density at radius 1 is 1.03 bits per heavy atom. The molecule has 1 saturated heterocycles. The highest BCUT2D eigenvalue weighted by molar-refractivity contribution is 5.94. The first kappa shape index (κ1) is 25.7. The lowest BCUT2D eigenvalue weighted by Crippen LogP contribution is -2.42. The van der Waals surface area contributed by atoms with Gasteiger partial charge in [-0.1, -0.05) is 42.5 Å². The third-order valence-electron chi connectivity index (χ3n) is 6.17. The first-order chi connectivity index (χ1) is 16.8. The number of guanidine groups is 1. The number of rotatable bonds is 12. The van der Waals surface area contributed by atoms with Gasteiger partial charge in [-0.15, -0.1) is 0 Å². The molecular weight excluding hydrogens is 446 g/mol. The van der Waals surface area contributed by atoms with Crippen molar-refractivity contribution < 1.29 is 19.5 Å². The van der Waals surface area contributed by atoms with Gasteiger partial charge in [-0.2, -0.15) is 0 Å². The average Bonchev–Trinajstić information content (AvgIpc) is 3.12. The number of nitrogens with two attached hydrogens (primary N) is 2. The van der Waals surface area contributed by atoms with Gasteiger partial charge in [0.15, 0.2) is 5.96 Å². The third-order valence-corrected chi connectivity index (χ3v) is 6.17. The topological polar surface area (TPSA) is 151 Å². The lowest BCUT2D eigenvalue weighted by atomic mass is 10.0. The van der Waals surface area contributed by atoms with Gasteiger partial charge in [0.2, 0.25) is 5.91 Å². The summed E-state index contributed by atoms with van der Waals surface area (Å²) >= 11 is 0.